The fourth-order valence-corrected chi connectivity index (χ4v) is 2.11. The van der Waals surface area contributed by atoms with Gasteiger partial charge in [0.2, 0.25) is 0 Å². The second kappa shape index (κ2) is 5.88. The standard InChI is InChI=1S/C11H18F3NO3/c1-17-9(16)10(6-15,8-2-3-8)4-5-18-7-11(12,13)14/h8H,2-7,15H2,1H3. The molecule has 0 saturated heterocycles. The number of alkyl halides is 3. The van der Waals surface area contributed by atoms with Crippen molar-refractivity contribution in [1.82, 2.24) is 0 Å². The van der Waals surface area contributed by atoms with Crippen LogP contribution in [0.25, 0.3) is 0 Å². The van der Waals surface area contributed by atoms with Gasteiger partial charge in [-0.2, -0.15) is 13.2 Å². The Hall–Kier alpha value is -0.820. The van der Waals surface area contributed by atoms with Crippen molar-refractivity contribution >= 4 is 5.97 Å². The number of methoxy groups -OCH3 is 1. The largest absolute Gasteiger partial charge is 0.469 e. The first-order chi connectivity index (χ1) is 8.35. The zero-order chi connectivity index (χ0) is 13.8. The minimum absolute atomic E-state index is 0.0692. The molecule has 1 unspecified atom stereocenters. The number of carbonyl (C=O) groups is 1. The first kappa shape index (κ1) is 15.2. The molecule has 7 heteroatoms. The molecular formula is C11H18F3NO3. The Balaban J connectivity index is 2.49. The van der Waals surface area contributed by atoms with E-state index in [2.05, 4.69) is 4.74 Å². The molecule has 106 valence electrons. The van der Waals surface area contributed by atoms with E-state index in [0.717, 1.165) is 12.8 Å². The van der Waals surface area contributed by atoms with E-state index in [-0.39, 0.29) is 25.5 Å². The molecule has 0 bridgehead atoms. The van der Waals surface area contributed by atoms with Crippen LogP contribution in [-0.4, -0.2) is 39.0 Å². The third-order valence-corrected chi connectivity index (χ3v) is 3.27. The quantitative estimate of drug-likeness (QED) is 0.562. The minimum Gasteiger partial charge on any atom is -0.469 e. The van der Waals surface area contributed by atoms with Gasteiger partial charge in [-0.05, 0) is 25.2 Å². The molecule has 1 saturated carbocycles. The molecule has 0 amide bonds. The van der Waals surface area contributed by atoms with Crippen molar-refractivity contribution in [3.63, 3.8) is 0 Å². The normalized spacial score (nSPS) is 19.4. The summed E-state index contributed by atoms with van der Waals surface area (Å²) < 4.78 is 45.0. The predicted molar refractivity (Wildman–Crippen MR) is 57.7 cm³/mol. The summed E-state index contributed by atoms with van der Waals surface area (Å²) in [6, 6.07) is 0. The fraction of sp³-hybridized carbons (Fsp3) is 0.909. The number of halogens is 3. The highest BCUT2D eigenvalue weighted by molar-refractivity contribution is 5.78. The molecule has 0 aromatic rings. The van der Waals surface area contributed by atoms with Crippen molar-refractivity contribution in [3.05, 3.63) is 0 Å². The zero-order valence-electron chi connectivity index (χ0n) is 10.3. The van der Waals surface area contributed by atoms with Crippen LogP contribution in [-0.2, 0) is 14.3 Å². The van der Waals surface area contributed by atoms with Gasteiger partial charge < -0.3 is 15.2 Å². The summed E-state index contributed by atoms with van der Waals surface area (Å²) in [6.07, 6.45) is -2.48. The average molecular weight is 269 g/mol. The van der Waals surface area contributed by atoms with Gasteiger partial charge in [0.15, 0.2) is 0 Å². The lowest BCUT2D eigenvalue weighted by atomic mass is 9.79. The molecule has 1 aliphatic rings. The highest BCUT2D eigenvalue weighted by Crippen LogP contribution is 2.48. The Labute approximate surface area is 104 Å². The van der Waals surface area contributed by atoms with Crippen LogP contribution in [0.4, 0.5) is 13.2 Å². The fourth-order valence-electron chi connectivity index (χ4n) is 2.11. The summed E-state index contributed by atoms with van der Waals surface area (Å²) in [5, 5.41) is 0. The van der Waals surface area contributed by atoms with E-state index in [1.54, 1.807) is 0 Å². The van der Waals surface area contributed by atoms with E-state index in [1.165, 1.54) is 7.11 Å². The monoisotopic (exact) mass is 269 g/mol. The maximum absolute atomic E-state index is 11.9. The molecule has 0 radical (unpaired) electrons. The van der Waals surface area contributed by atoms with Gasteiger partial charge in [0.05, 0.1) is 12.5 Å². The van der Waals surface area contributed by atoms with Crippen LogP contribution in [0.2, 0.25) is 0 Å². The van der Waals surface area contributed by atoms with E-state index < -0.39 is 24.2 Å². The number of esters is 1. The number of nitrogens with two attached hydrogens (primary N) is 1. The van der Waals surface area contributed by atoms with Gasteiger partial charge in [-0.25, -0.2) is 0 Å². The van der Waals surface area contributed by atoms with Gasteiger partial charge in [-0.3, -0.25) is 4.79 Å². The lowest BCUT2D eigenvalue weighted by molar-refractivity contribution is -0.177. The van der Waals surface area contributed by atoms with E-state index in [4.69, 9.17) is 10.5 Å². The van der Waals surface area contributed by atoms with Crippen LogP contribution in [0.5, 0.6) is 0 Å². The second-order valence-electron chi connectivity index (χ2n) is 4.54. The molecule has 0 aromatic heterocycles. The Morgan fingerprint density at radius 2 is 2.00 bits per heavy atom. The Morgan fingerprint density at radius 1 is 1.39 bits per heavy atom. The van der Waals surface area contributed by atoms with Crippen molar-refractivity contribution in [2.24, 2.45) is 17.1 Å². The van der Waals surface area contributed by atoms with Crippen molar-refractivity contribution in [1.29, 1.82) is 0 Å². The Kier molecular flexibility index (Phi) is 4.98. The molecule has 0 aromatic carbocycles. The SMILES string of the molecule is COC(=O)C(CN)(CCOCC(F)(F)F)C1CC1. The summed E-state index contributed by atoms with van der Waals surface area (Å²) in [6.45, 7) is -1.39. The molecule has 4 nitrogen and oxygen atoms in total. The summed E-state index contributed by atoms with van der Waals surface area (Å²) >= 11 is 0. The molecular weight excluding hydrogens is 251 g/mol. The van der Waals surface area contributed by atoms with Crippen molar-refractivity contribution in [3.8, 4) is 0 Å². The van der Waals surface area contributed by atoms with Gasteiger partial charge in [-0.1, -0.05) is 0 Å². The van der Waals surface area contributed by atoms with Gasteiger partial charge in [0, 0.05) is 13.2 Å². The Morgan fingerprint density at radius 3 is 2.39 bits per heavy atom. The molecule has 1 aliphatic carbocycles. The van der Waals surface area contributed by atoms with Crippen LogP contribution >= 0.6 is 0 Å². The molecule has 2 N–H and O–H groups in total. The predicted octanol–water partition coefficient (Wildman–Crippen LogP) is 1.48. The van der Waals surface area contributed by atoms with Crippen molar-refractivity contribution in [2.75, 3.05) is 26.9 Å². The van der Waals surface area contributed by atoms with E-state index in [9.17, 15) is 18.0 Å². The van der Waals surface area contributed by atoms with E-state index >= 15 is 0 Å². The number of ether oxygens (including phenoxy) is 2. The topological polar surface area (TPSA) is 61.5 Å². The van der Waals surface area contributed by atoms with Crippen molar-refractivity contribution in [2.45, 2.75) is 25.4 Å². The molecule has 1 atom stereocenters. The van der Waals surface area contributed by atoms with Gasteiger partial charge in [0.1, 0.15) is 6.61 Å². The van der Waals surface area contributed by atoms with Crippen LogP contribution < -0.4 is 5.73 Å². The lowest BCUT2D eigenvalue weighted by Crippen LogP contribution is -2.42. The van der Waals surface area contributed by atoms with E-state index in [1.807, 2.05) is 0 Å². The van der Waals surface area contributed by atoms with Crippen LogP contribution in [0.3, 0.4) is 0 Å². The van der Waals surface area contributed by atoms with Crippen LogP contribution in [0, 0.1) is 11.3 Å². The minimum atomic E-state index is -4.35. The summed E-state index contributed by atoms with van der Waals surface area (Å²) in [5.41, 5.74) is 4.73. The highest BCUT2D eigenvalue weighted by atomic mass is 19.4. The molecule has 0 aliphatic heterocycles. The summed E-state index contributed by atoms with van der Waals surface area (Å²) in [5.74, 6) is -0.354. The lowest BCUT2D eigenvalue weighted by Gasteiger charge is -2.29. The van der Waals surface area contributed by atoms with Crippen LogP contribution in [0.15, 0.2) is 0 Å². The van der Waals surface area contributed by atoms with Crippen molar-refractivity contribution < 1.29 is 27.4 Å². The van der Waals surface area contributed by atoms with E-state index in [0.29, 0.717) is 0 Å². The smallest absolute Gasteiger partial charge is 0.411 e. The van der Waals surface area contributed by atoms with Gasteiger partial charge in [0.25, 0.3) is 0 Å². The number of carbonyl (C=O) groups excluding carboxylic acids is 1. The third kappa shape index (κ3) is 3.84. The zero-order valence-corrected chi connectivity index (χ0v) is 10.3. The molecule has 0 spiro atoms. The highest BCUT2D eigenvalue weighted by Gasteiger charge is 2.50. The number of hydrogen-bond donors (Lipinski definition) is 1. The summed E-state index contributed by atoms with van der Waals surface area (Å²) in [4.78, 5) is 11.8. The number of hydrogen-bond acceptors (Lipinski definition) is 4. The first-order valence-electron chi connectivity index (χ1n) is 5.78. The third-order valence-electron chi connectivity index (χ3n) is 3.27. The van der Waals surface area contributed by atoms with Gasteiger partial charge in [-0.15, -0.1) is 0 Å². The molecule has 0 heterocycles. The second-order valence-corrected chi connectivity index (χ2v) is 4.54. The van der Waals surface area contributed by atoms with Gasteiger partial charge >= 0.3 is 12.1 Å². The average Bonchev–Trinajstić information content (AvgIpc) is 3.12. The number of rotatable bonds is 7. The Bertz CT molecular complexity index is 292. The molecule has 1 rings (SSSR count). The molecule has 1 fully saturated rings. The maximum Gasteiger partial charge on any atom is 0.411 e. The van der Waals surface area contributed by atoms with Crippen LogP contribution in [0.1, 0.15) is 19.3 Å². The maximum atomic E-state index is 11.9. The summed E-state index contributed by atoms with van der Waals surface area (Å²) in [7, 11) is 1.26. The first-order valence-corrected chi connectivity index (χ1v) is 5.78. The molecule has 18 heavy (non-hydrogen) atoms.